The molecular formula is C22H27IN2O3. The van der Waals surface area contributed by atoms with Crippen LogP contribution in [0.2, 0.25) is 0 Å². The molecule has 0 aliphatic rings. The van der Waals surface area contributed by atoms with E-state index in [1.165, 1.54) is 5.56 Å². The van der Waals surface area contributed by atoms with Crippen molar-refractivity contribution in [3.05, 3.63) is 63.2 Å². The Morgan fingerprint density at radius 1 is 1.04 bits per heavy atom. The summed E-state index contributed by atoms with van der Waals surface area (Å²) in [5, 5.41) is 5.60. The maximum absolute atomic E-state index is 12.2. The van der Waals surface area contributed by atoms with Gasteiger partial charge in [0.05, 0.1) is 18.2 Å². The third-order valence-electron chi connectivity index (χ3n) is 4.10. The zero-order chi connectivity index (χ0) is 20.5. The van der Waals surface area contributed by atoms with Crippen molar-refractivity contribution in [2.24, 2.45) is 0 Å². The summed E-state index contributed by atoms with van der Waals surface area (Å²) < 4.78 is 6.50. The minimum Gasteiger partial charge on any atom is -0.491 e. The van der Waals surface area contributed by atoms with Crippen LogP contribution in [-0.2, 0) is 11.2 Å². The van der Waals surface area contributed by atoms with E-state index < -0.39 is 0 Å². The number of hydrogen-bond donors (Lipinski definition) is 2. The third kappa shape index (κ3) is 7.50. The van der Waals surface area contributed by atoms with Gasteiger partial charge in [0.15, 0.2) is 0 Å². The van der Waals surface area contributed by atoms with Gasteiger partial charge in [-0.1, -0.05) is 24.3 Å². The van der Waals surface area contributed by atoms with Gasteiger partial charge in [-0.2, -0.15) is 0 Å². The van der Waals surface area contributed by atoms with E-state index in [9.17, 15) is 9.59 Å². The van der Waals surface area contributed by atoms with Crippen LogP contribution in [0, 0.1) is 3.57 Å². The molecule has 2 aromatic carbocycles. The molecule has 0 heterocycles. The molecular weight excluding hydrogens is 467 g/mol. The molecule has 5 nitrogen and oxygen atoms in total. The van der Waals surface area contributed by atoms with E-state index in [0.717, 1.165) is 22.2 Å². The van der Waals surface area contributed by atoms with Crippen LogP contribution in [0.4, 0.5) is 0 Å². The molecule has 0 aliphatic carbocycles. The molecule has 0 fully saturated rings. The average molecular weight is 494 g/mol. The van der Waals surface area contributed by atoms with Gasteiger partial charge in [0.2, 0.25) is 5.91 Å². The predicted octanol–water partition coefficient (Wildman–Crippen LogP) is 3.95. The first-order chi connectivity index (χ1) is 13.3. The Morgan fingerprint density at radius 3 is 2.36 bits per heavy atom. The topological polar surface area (TPSA) is 67.4 Å². The first-order valence-electron chi connectivity index (χ1n) is 9.43. The molecule has 0 aromatic heterocycles. The minimum atomic E-state index is -0.239. The number of amides is 2. The predicted molar refractivity (Wildman–Crippen MR) is 120 cm³/mol. The largest absolute Gasteiger partial charge is 0.491 e. The number of benzene rings is 2. The number of carbonyl (C=O) groups excluding carboxylic acids is 2. The molecule has 0 aliphatic heterocycles. The quantitative estimate of drug-likeness (QED) is 0.519. The van der Waals surface area contributed by atoms with Crippen LogP contribution < -0.4 is 15.4 Å². The van der Waals surface area contributed by atoms with Gasteiger partial charge in [-0.05, 0) is 86.0 Å². The molecule has 2 N–H and O–H groups in total. The third-order valence-corrected chi connectivity index (χ3v) is 5.04. The van der Waals surface area contributed by atoms with Gasteiger partial charge in [0.1, 0.15) is 5.75 Å². The fourth-order valence-corrected chi connectivity index (χ4v) is 3.32. The molecule has 2 rings (SSSR count). The van der Waals surface area contributed by atoms with Crippen molar-refractivity contribution in [2.45, 2.75) is 45.8 Å². The smallest absolute Gasteiger partial charge is 0.252 e. The number of rotatable bonds is 9. The van der Waals surface area contributed by atoms with Crippen LogP contribution in [0.15, 0.2) is 48.5 Å². The van der Waals surface area contributed by atoms with Gasteiger partial charge in [-0.25, -0.2) is 0 Å². The number of nitrogens with one attached hydrogen (secondary N) is 2. The molecule has 0 spiro atoms. The highest BCUT2D eigenvalue weighted by Gasteiger charge is 2.12. The number of hydrogen-bond acceptors (Lipinski definition) is 3. The van der Waals surface area contributed by atoms with Gasteiger partial charge in [0, 0.05) is 9.61 Å². The molecule has 2 aromatic rings. The zero-order valence-corrected chi connectivity index (χ0v) is 18.7. The molecule has 0 saturated carbocycles. The van der Waals surface area contributed by atoms with Gasteiger partial charge in [0.25, 0.3) is 5.91 Å². The molecule has 1 unspecified atom stereocenters. The van der Waals surface area contributed by atoms with Crippen LogP contribution in [-0.4, -0.2) is 30.5 Å². The van der Waals surface area contributed by atoms with E-state index in [1.54, 1.807) is 12.1 Å². The van der Waals surface area contributed by atoms with Crippen molar-refractivity contribution in [3.8, 4) is 5.75 Å². The number of ether oxygens (including phenoxy) is 1. The van der Waals surface area contributed by atoms with Crippen LogP contribution in [0.25, 0.3) is 0 Å². The summed E-state index contributed by atoms with van der Waals surface area (Å²) in [6.07, 6.45) is 1.84. The van der Waals surface area contributed by atoms with E-state index in [4.69, 9.17) is 4.74 Å². The second-order valence-electron chi connectivity index (χ2n) is 6.98. The summed E-state index contributed by atoms with van der Waals surface area (Å²) in [4.78, 5) is 24.2. The van der Waals surface area contributed by atoms with Gasteiger partial charge in [-0.3, -0.25) is 9.59 Å². The van der Waals surface area contributed by atoms with Crippen molar-refractivity contribution in [1.82, 2.24) is 10.6 Å². The Balaban J connectivity index is 1.72. The molecule has 28 heavy (non-hydrogen) atoms. The lowest BCUT2D eigenvalue weighted by Gasteiger charge is -2.15. The fraction of sp³-hybridized carbons (Fsp3) is 0.364. The van der Waals surface area contributed by atoms with Crippen molar-refractivity contribution in [2.75, 3.05) is 6.54 Å². The second kappa shape index (κ2) is 11.0. The Labute approximate surface area is 180 Å². The SMILES string of the molecule is CC(CCc1ccc(OC(C)C)cc1)NC(=O)CNC(=O)c1ccccc1I. The van der Waals surface area contributed by atoms with Crippen LogP contribution in [0.1, 0.15) is 43.1 Å². The average Bonchev–Trinajstić information content (AvgIpc) is 2.65. The maximum atomic E-state index is 12.2. The standard InChI is InChI=1S/C22H27IN2O3/c1-15(2)28-18-12-10-17(11-13-18)9-8-16(3)25-21(26)14-24-22(27)19-6-4-5-7-20(19)23/h4-7,10-13,15-16H,8-9,14H2,1-3H3,(H,24,27)(H,25,26). The Morgan fingerprint density at radius 2 is 1.71 bits per heavy atom. The summed E-state index contributed by atoms with van der Waals surface area (Å²) in [6, 6.07) is 15.3. The van der Waals surface area contributed by atoms with E-state index in [0.29, 0.717) is 5.56 Å². The van der Waals surface area contributed by atoms with Gasteiger partial charge < -0.3 is 15.4 Å². The number of halogens is 1. The van der Waals surface area contributed by atoms with E-state index in [2.05, 4.69) is 33.2 Å². The molecule has 150 valence electrons. The molecule has 0 bridgehead atoms. The number of aryl methyl sites for hydroxylation is 1. The van der Waals surface area contributed by atoms with Gasteiger partial charge in [-0.15, -0.1) is 0 Å². The fourth-order valence-electron chi connectivity index (χ4n) is 2.69. The highest BCUT2D eigenvalue weighted by atomic mass is 127. The number of carbonyl (C=O) groups is 2. The molecule has 1 atom stereocenters. The van der Waals surface area contributed by atoms with Crippen molar-refractivity contribution in [3.63, 3.8) is 0 Å². The Kier molecular flexibility index (Phi) is 8.76. The first-order valence-corrected chi connectivity index (χ1v) is 10.5. The molecule has 2 amide bonds. The first kappa shape index (κ1) is 22.2. The summed E-state index contributed by atoms with van der Waals surface area (Å²) in [6.45, 7) is 5.94. The molecule has 0 radical (unpaired) electrons. The monoisotopic (exact) mass is 494 g/mol. The summed E-state index contributed by atoms with van der Waals surface area (Å²) >= 11 is 2.11. The lowest BCUT2D eigenvalue weighted by Crippen LogP contribution is -2.41. The van der Waals surface area contributed by atoms with Crippen LogP contribution in [0.5, 0.6) is 5.75 Å². The van der Waals surface area contributed by atoms with Gasteiger partial charge >= 0.3 is 0 Å². The van der Waals surface area contributed by atoms with Crippen LogP contribution >= 0.6 is 22.6 Å². The highest BCUT2D eigenvalue weighted by molar-refractivity contribution is 14.1. The minimum absolute atomic E-state index is 0.0212. The highest BCUT2D eigenvalue weighted by Crippen LogP contribution is 2.15. The van der Waals surface area contributed by atoms with Crippen LogP contribution in [0.3, 0.4) is 0 Å². The maximum Gasteiger partial charge on any atom is 0.252 e. The van der Waals surface area contributed by atoms with E-state index in [1.807, 2.05) is 57.2 Å². The normalized spacial score (nSPS) is 11.8. The van der Waals surface area contributed by atoms with Crippen molar-refractivity contribution < 1.29 is 14.3 Å². The van der Waals surface area contributed by atoms with E-state index in [-0.39, 0.29) is 30.5 Å². The summed E-state index contributed by atoms with van der Waals surface area (Å²) in [7, 11) is 0. The van der Waals surface area contributed by atoms with E-state index >= 15 is 0 Å². The van der Waals surface area contributed by atoms with Crippen molar-refractivity contribution >= 4 is 34.4 Å². The molecule has 6 heteroatoms. The lowest BCUT2D eigenvalue weighted by molar-refractivity contribution is -0.120. The Bertz CT molecular complexity index is 791. The Hall–Kier alpha value is -2.09. The zero-order valence-electron chi connectivity index (χ0n) is 16.5. The second-order valence-corrected chi connectivity index (χ2v) is 8.14. The lowest BCUT2D eigenvalue weighted by atomic mass is 10.1. The summed E-state index contributed by atoms with van der Waals surface area (Å²) in [5.74, 6) is 0.438. The molecule has 0 saturated heterocycles. The van der Waals surface area contributed by atoms with Crippen molar-refractivity contribution in [1.29, 1.82) is 0 Å². The summed E-state index contributed by atoms with van der Waals surface area (Å²) in [5.41, 5.74) is 1.78.